The number of hydrazone groups is 1. The molecule has 0 unspecified atom stereocenters. The van der Waals surface area contributed by atoms with Gasteiger partial charge in [0.2, 0.25) is 0 Å². The van der Waals surface area contributed by atoms with Gasteiger partial charge in [-0.3, -0.25) is 5.43 Å². The molecule has 0 bridgehead atoms. The molecular weight excluding hydrogens is 298 g/mol. The first kappa shape index (κ1) is 16.5. The molecule has 20 heavy (non-hydrogen) atoms. The van der Waals surface area contributed by atoms with E-state index in [-0.39, 0.29) is 5.11 Å². The minimum absolute atomic E-state index is 0.0961. The molecule has 0 aliphatic rings. The highest BCUT2D eigenvalue weighted by Gasteiger charge is 2.11. The monoisotopic (exact) mass is 315 g/mol. The molecule has 5 nitrogen and oxygen atoms in total. The molecule has 0 aliphatic heterocycles. The summed E-state index contributed by atoms with van der Waals surface area (Å²) in [4.78, 5) is 0. The SMILES string of the molecule is CCCCOc1c(Cl)cc(C=NNC(N)=S)cc1OC. The van der Waals surface area contributed by atoms with E-state index in [9.17, 15) is 0 Å². The van der Waals surface area contributed by atoms with Crippen LogP contribution >= 0.6 is 23.8 Å². The predicted molar refractivity (Wildman–Crippen MR) is 85.9 cm³/mol. The average Bonchev–Trinajstić information content (AvgIpc) is 2.40. The van der Waals surface area contributed by atoms with Gasteiger partial charge >= 0.3 is 0 Å². The molecule has 0 radical (unpaired) electrons. The van der Waals surface area contributed by atoms with Crippen LogP contribution in [0, 0.1) is 0 Å². The number of thiocarbonyl (C=S) groups is 1. The summed E-state index contributed by atoms with van der Waals surface area (Å²) < 4.78 is 10.9. The van der Waals surface area contributed by atoms with Gasteiger partial charge in [0.15, 0.2) is 16.6 Å². The van der Waals surface area contributed by atoms with Gasteiger partial charge in [0.25, 0.3) is 0 Å². The van der Waals surface area contributed by atoms with Crippen LogP contribution in [0.5, 0.6) is 11.5 Å². The highest BCUT2D eigenvalue weighted by atomic mass is 35.5. The lowest BCUT2D eigenvalue weighted by Crippen LogP contribution is -2.23. The molecule has 0 saturated carbocycles. The van der Waals surface area contributed by atoms with Crippen LogP contribution in [0.1, 0.15) is 25.3 Å². The van der Waals surface area contributed by atoms with E-state index < -0.39 is 0 Å². The number of nitrogens with zero attached hydrogens (tertiary/aromatic N) is 1. The molecular formula is C13H18ClN3O2S. The fourth-order valence-electron chi connectivity index (χ4n) is 1.44. The van der Waals surface area contributed by atoms with E-state index in [1.54, 1.807) is 25.5 Å². The minimum Gasteiger partial charge on any atom is -0.493 e. The fourth-order valence-corrected chi connectivity index (χ4v) is 1.77. The Bertz CT molecular complexity index is 495. The van der Waals surface area contributed by atoms with Crippen LogP contribution in [0.2, 0.25) is 5.02 Å². The van der Waals surface area contributed by atoms with Gasteiger partial charge in [-0.15, -0.1) is 0 Å². The van der Waals surface area contributed by atoms with Crippen molar-refractivity contribution in [3.8, 4) is 11.5 Å². The summed E-state index contributed by atoms with van der Waals surface area (Å²) in [6.07, 6.45) is 3.55. The zero-order valence-corrected chi connectivity index (χ0v) is 13.1. The van der Waals surface area contributed by atoms with Gasteiger partial charge in [-0.05, 0) is 36.3 Å². The van der Waals surface area contributed by atoms with Crippen LogP contribution in [-0.2, 0) is 0 Å². The number of benzene rings is 1. The molecule has 0 aromatic heterocycles. The normalized spacial score (nSPS) is 10.6. The summed E-state index contributed by atoms with van der Waals surface area (Å²) in [5, 5.41) is 4.43. The Morgan fingerprint density at radius 2 is 2.30 bits per heavy atom. The van der Waals surface area contributed by atoms with Crippen molar-refractivity contribution >= 4 is 35.1 Å². The van der Waals surface area contributed by atoms with Gasteiger partial charge in [-0.1, -0.05) is 24.9 Å². The quantitative estimate of drug-likeness (QED) is 0.350. The van der Waals surface area contributed by atoms with Crippen LogP contribution in [-0.4, -0.2) is 25.0 Å². The van der Waals surface area contributed by atoms with Crippen molar-refractivity contribution in [1.29, 1.82) is 0 Å². The third-order valence-electron chi connectivity index (χ3n) is 2.38. The fraction of sp³-hybridized carbons (Fsp3) is 0.385. The second-order valence-corrected chi connectivity index (χ2v) is 4.82. The number of methoxy groups -OCH3 is 1. The molecule has 0 heterocycles. The second-order valence-electron chi connectivity index (χ2n) is 3.97. The summed E-state index contributed by atoms with van der Waals surface area (Å²) in [5.74, 6) is 1.10. The van der Waals surface area contributed by atoms with Crippen LogP contribution in [0.15, 0.2) is 17.2 Å². The first-order chi connectivity index (χ1) is 9.58. The number of halogens is 1. The number of unbranched alkanes of at least 4 members (excludes halogenated alkanes) is 1. The van der Waals surface area contributed by atoms with Crippen LogP contribution in [0.3, 0.4) is 0 Å². The molecule has 3 N–H and O–H groups in total. The van der Waals surface area contributed by atoms with Crippen LogP contribution in [0.25, 0.3) is 0 Å². The van der Waals surface area contributed by atoms with E-state index in [1.165, 1.54) is 0 Å². The maximum absolute atomic E-state index is 6.20. The first-order valence-electron chi connectivity index (χ1n) is 6.17. The zero-order valence-electron chi connectivity index (χ0n) is 11.5. The van der Waals surface area contributed by atoms with Gasteiger partial charge < -0.3 is 15.2 Å². The smallest absolute Gasteiger partial charge is 0.184 e. The molecule has 0 atom stereocenters. The summed E-state index contributed by atoms with van der Waals surface area (Å²) in [5.41, 5.74) is 8.49. The van der Waals surface area contributed by atoms with Gasteiger partial charge in [0.1, 0.15) is 0 Å². The number of hydrogen-bond acceptors (Lipinski definition) is 4. The largest absolute Gasteiger partial charge is 0.493 e. The Labute approximate surface area is 129 Å². The number of rotatable bonds is 7. The van der Waals surface area contributed by atoms with Crippen molar-refractivity contribution in [2.24, 2.45) is 10.8 Å². The van der Waals surface area contributed by atoms with E-state index in [1.807, 2.05) is 0 Å². The molecule has 0 aliphatic carbocycles. The van der Waals surface area contributed by atoms with E-state index >= 15 is 0 Å². The van der Waals surface area contributed by atoms with E-state index in [2.05, 4.69) is 29.7 Å². The lowest BCUT2D eigenvalue weighted by molar-refractivity contribution is 0.288. The lowest BCUT2D eigenvalue weighted by atomic mass is 10.2. The Balaban J connectivity index is 2.88. The van der Waals surface area contributed by atoms with E-state index in [0.29, 0.717) is 23.1 Å². The highest BCUT2D eigenvalue weighted by molar-refractivity contribution is 7.80. The Morgan fingerprint density at radius 3 is 2.90 bits per heavy atom. The summed E-state index contributed by atoms with van der Waals surface area (Å²) in [7, 11) is 1.56. The Hall–Kier alpha value is -1.53. The molecule has 1 rings (SSSR count). The third-order valence-corrected chi connectivity index (χ3v) is 2.76. The molecule has 0 fully saturated rings. The van der Waals surface area contributed by atoms with Crippen molar-refractivity contribution in [3.63, 3.8) is 0 Å². The average molecular weight is 316 g/mol. The number of hydrogen-bond donors (Lipinski definition) is 2. The Kier molecular flexibility index (Phi) is 7.11. The Morgan fingerprint density at radius 1 is 1.55 bits per heavy atom. The molecule has 110 valence electrons. The van der Waals surface area contributed by atoms with Gasteiger partial charge in [-0.2, -0.15) is 5.10 Å². The van der Waals surface area contributed by atoms with Crippen molar-refractivity contribution < 1.29 is 9.47 Å². The van der Waals surface area contributed by atoms with Crippen LogP contribution < -0.4 is 20.6 Å². The molecule has 1 aromatic carbocycles. The van der Waals surface area contributed by atoms with E-state index in [0.717, 1.165) is 18.4 Å². The summed E-state index contributed by atoms with van der Waals surface area (Å²) in [6.45, 7) is 2.69. The van der Waals surface area contributed by atoms with E-state index in [4.69, 9.17) is 26.8 Å². The van der Waals surface area contributed by atoms with Crippen molar-refractivity contribution in [1.82, 2.24) is 5.43 Å². The summed E-state index contributed by atoms with van der Waals surface area (Å²) in [6, 6.07) is 3.51. The molecule has 0 amide bonds. The van der Waals surface area contributed by atoms with Gasteiger partial charge in [-0.25, -0.2) is 0 Å². The standard InChI is InChI=1S/C13H18ClN3O2S/c1-3-4-5-19-12-10(14)6-9(7-11(12)18-2)8-16-17-13(15)20/h6-8H,3-5H2,1-2H3,(H3,15,17,20). The maximum Gasteiger partial charge on any atom is 0.184 e. The number of nitrogens with two attached hydrogens (primary N) is 1. The molecule has 1 aromatic rings. The van der Waals surface area contributed by atoms with Gasteiger partial charge in [0, 0.05) is 0 Å². The lowest BCUT2D eigenvalue weighted by Gasteiger charge is -2.12. The molecule has 7 heteroatoms. The zero-order chi connectivity index (χ0) is 15.0. The number of ether oxygens (including phenoxy) is 2. The topological polar surface area (TPSA) is 68.9 Å². The highest BCUT2D eigenvalue weighted by Crippen LogP contribution is 2.36. The molecule has 0 spiro atoms. The second kappa shape index (κ2) is 8.60. The van der Waals surface area contributed by atoms with Crippen molar-refractivity contribution in [2.75, 3.05) is 13.7 Å². The maximum atomic E-state index is 6.20. The third kappa shape index (κ3) is 5.22. The van der Waals surface area contributed by atoms with Crippen molar-refractivity contribution in [3.05, 3.63) is 22.7 Å². The van der Waals surface area contributed by atoms with Gasteiger partial charge in [0.05, 0.1) is 25.0 Å². The minimum atomic E-state index is 0.0961. The first-order valence-corrected chi connectivity index (χ1v) is 6.96. The molecule has 0 saturated heterocycles. The van der Waals surface area contributed by atoms with Crippen LogP contribution in [0.4, 0.5) is 0 Å². The van der Waals surface area contributed by atoms with Crippen molar-refractivity contribution in [2.45, 2.75) is 19.8 Å². The predicted octanol–water partition coefficient (Wildman–Crippen LogP) is 2.69. The summed E-state index contributed by atoms with van der Waals surface area (Å²) >= 11 is 10.8. The number of nitrogens with one attached hydrogen (secondary N) is 1.